The summed E-state index contributed by atoms with van der Waals surface area (Å²) < 4.78 is 0. The van der Waals surface area contributed by atoms with E-state index in [1.165, 1.54) is 7.05 Å². The van der Waals surface area contributed by atoms with E-state index in [0.29, 0.717) is 6.42 Å². The third kappa shape index (κ3) is 8.06. The van der Waals surface area contributed by atoms with Gasteiger partial charge in [-0.15, -0.1) is 0 Å². The summed E-state index contributed by atoms with van der Waals surface area (Å²) >= 11 is 0. The minimum absolute atomic E-state index is 0.0251. The molecule has 4 N–H and O–H groups in total. The topological polar surface area (TPSA) is 108 Å². The third-order valence-corrected chi connectivity index (χ3v) is 2.10. The van der Waals surface area contributed by atoms with Gasteiger partial charge in [0.05, 0.1) is 6.54 Å². The maximum atomic E-state index is 11.4. The first-order valence-electron chi connectivity index (χ1n) is 5.25. The van der Waals surface area contributed by atoms with Gasteiger partial charge in [-0.3, -0.25) is 9.59 Å². The number of carboxylic acid groups (broad SMARTS) is 1. The first-order valence-corrected chi connectivity index (χ1v) is 5.25. The summed E-state index contributed by atoms with van der Waals surface area (Å²) in [5, 5.41) is 15.9. The van der Waals surface area contributed by atoms with Crippen molar-refractivity contribution in [3.8, 4) is 0 Å². The van der Waals surface area contributed by atoms with Crippen LogP contribution in [0.4, 0.5) is 4.79 Å². The lowest BCUT2D eigenvalue weighted by Gasteiger charge is -2.25. The molecule has 0 aromatic carbocycles. The molecule has 7 nitrogen and oxygen atoms in total. The average molecular weight is 245 g/mol. The van der Waals surface area contributed by atoms with Crippen LogP contribution in [0.2, 0.25) is 0 Å². The Hall–Kier alpha value is -1.79. The van der Waals surface area contributed by atoms with Gasteiger partial charge < -0.3 is 21.1 Å². The SMILES string of the molecule is CNC(=O)CNC(=O)NC(C)(C)CCC(=O)O. The summed E-state index contributed by atoms with van der Waals surface area (Å²) in [6, 6.07) is -0.496. The molecule has 0 saturated carbocycles. The van der Waals surface area contributed by atoms with E-state index >= 15 is 0 Å². The summed E-state index contributed by atoms with van der Waals surface area (Å²) in [5.41, 5.74) is -0.634. The van der Waals surface area contributed by atoms with Crippen LogP contribution in [0.5, 0.6) is 0 Å². The molecule has 0 fully saturated rings. The predicted octanol–water partition coefficient (Wildman–Crippen LogP) is -0.325. The summed E-state index contributed by atoms with van der Waals surface area (Å²) in [4.78, 5) is 32.6. The molecule has 7 heteroatoms. The van der Waals surface area contributed by atoms with Gasteiger partial charge in [-0.1, -0.05) is 0 Å². The Morgan fingerprint density at radius 2 is 1.82 bits per heavy atom. The summed E-state index contributed by atoms with van der Waals surface area (Å²) in [6.07, 6.45) is 0.290. The number of nitrogens with one attached hydrogen (secondary N) is 3. The highest BCUT2D eigenvalue weighted by Crippen LogP contribution is 2.10. The molecule has 0 aromatic heterocycles. The zero-order chi connectivity index (χ0) is 13.5. The monoisotopic (exact) mass is 245 g/mol. The molecular weight excluding hydrogens is 226 g/mol. The second-order valence-corrected chi connectivity index (χ2v) is 4.26. The van der Waals surface area contributed by atoms with Crippen LogP contribution >= 0.6 is 0 Å². The van der Waals surface area contributed by atoms with Crippen molar-refractivity contribution in [1.29, 1.82) is 0 Å². The van der Waals surface area contributed by atoms with Crippen molar-refractivity contribution in [1.82, 2.24) is 16.0 Å². The van der Waals surface area contributed by atoms with Crippen LogP contribution in [-0.2, 0) is 9.59 Å². The Kier molecular flexibility index (Phi) is 6.01. The Morgan fingerprint density at radius 1 is 1.24 bits per heavy atom. The molecule has 0 atom stereocenters. The number of hydrogen-bond donors (Lipinski definition) is 4. The molecule has 0 aromatic rings. The van der Waals surface area contributed by atoms with Crippen LogP contribution in [-0.4, -0.2) is 42.1 Å². The summed E-state index contributed by atoms with van der Waals surface area (Å²) in [5.74, 6) is -1.21. The first kappa shape index (κ1) is 15.2. The number of aliphatic carboxylic acids is 1. The van der Waals surface area contributed by atoms with Gasteiger partial charge >= 0.3 is 12.0 Å². The number of rotatable bonds is 6. The van der Waals surface area contributed by atoms with E-state index in [0.717, 1.165) is 0 Å². The Morgan fingerprint density at radius 3 is 2.29 bits per heavy atom. The Balaban J connectivity index is 4.00. The molecule has 0 heterocycles. The fourth-order valence-corrected chi connectivity index (χ4v) is 1.08. The van der Waals surface area contributed by atoms with Gasteiger partial charge in [-0.05, 0) is 20.3 Å². The highest BCUT2D eigenvalue weighted by molar-refractivity contribution is 5.83. The standard InChI is InChI=1S/C10H19N3O4/c1-10(2,5-4-8(15)16)13-9(17)12-6-7(14)11-3/h4-6H2,1-3H3,(H,11,14)(H,15,16)(H2,12,13,17). The van der Waals surface area contributed by atoms with Gasteiger partial charge in [0.2, 0.25) is 5.91 Å². The number of hydrogen-bond acceptors (Lipinski definition) is 3. The molecule has 3 amide bonds. The van der Waals surface area contributed by atoms with Crippen LogP contribution in [0, 0.1) is 0 Å². The highest BCUT2D eigenvalue weighted by Gasteiger charge is 2.21. The van der Waals surface area contributed by atoms with Crippen LogP contribution < -0.4 is 16.0 Å². The highest BCUT2D eigenvalue weighted by atomic mass is 16.4. The van der Waals surface area contributed by atoms with Gasteiger partial charge in [-0.2, -0.15) is 0 Å². The molecule has 0 aliphatic carbocycles. The van der Waals surface area contributed by atoms with Crippen LogP contribution in [0.3, 0.4) is 0 Å². The molecule has 0 saturated heterocycles. The Bertz CT molecular complexity index is 302. The minimum Gasteiger partial charge on any atom is -0.481 e. The van der Waals surface area contributed by atoms with Gasteiger partial charge in [-0.25, -0.2) is 4.79 Å². The fourth-order valence-electron chi connectivity index (χ4n) is 1.08. The van der Waals surface area contributed by atoms with E-state index in [1.54, 1.807) is 13.8 Å². The zero-order valence-electron chi connectivity index (χ0n) is 10.3. The summed E-state index contributed by atoms with van der Waals surface area (Å²) in [7, 11) is 1.47. The fraction of sp³-hybridized carbons (Fsp3) is 0.700. The van der Waals surface area contributed by atoms with Crippen molar-refractivity contribution in [2.45, 2.75) is 32.2 Å². The molecule has 0 bridgehead atoms. The van der Waals surface area contributed by atoms with Gasteiger partial charge in [0, 0.05) is 19.0 Å². The van der Waals surface area contributed by atoms with Crippen molar-refractivity contribution in [2.75, 3.05) is 13.6 Å². The molecule has 0 aliphatic rings. The second-order valence-electron chi connectivity index (χ2n) is 4.26. The number of likely N-dealkylation sites (N-methyl/N-ethyl adjacent to an activating group) is 1. The van der Waals surface area contributed by atoms with Crippen LogP contribution in [0.25, 0.3) is 0 Å². The van der Waals surface area contributed by atoms with Crippen LogP contribution in [0.15, 0.2) is 0 Å². The van der Waals surface area contributed by atoms with Crippen molar-refractivity contribution in [2.24, 2.45) is 0 Å². The number of carbonyl (C=O) groups excluding carboxylic acids is 2. The van der Waals surface area contributed by atoms with Crippen molar-refractivity contribution < 1.29 is 19.5 Å². The third-order valence-electron chi connectivity index (χ3n) is 2.10. The van der Waals surface area contributed by atoms with Gasteiger partial charge in [0.25, 0.3) is 0 Å². The number of carboxylic acids is 1. The molecule has 0 spiro atoms. The molecule has 0 rings (SSSR count). The number of urea groups is 1. The lowest BCUT2D eigenvalue weighted by molar-refractivity contribution is -0.137. The molecule has 0 aliphatic heterocycles. The minimum atomic E-state index is -0.911. The van der Waals surface area contributed by atoms with E-state index in [9.17, 15) is 14.4 Å². The van der Waals surface area contributed by atoms with E-state index < -0.39 is 17.5 Å². The number of carbonyl (C=O) groups is 3. The average Bonchev–Trinajstić information content (AvgIpc) is 2.22. The predicted molar refractivity (Wildman–Crippen MR) is 61.5 cm³/mol. The zero-order valence-corrected chi connectivity index (χ0v) is 10.3. The van der Waals surface area contributed by atoms with Crippen molar-refractivity contribution in [3.63, 3.8) is 0 Å². The van der Waals surface area contributed by atoms with Crippen molar-refractivity contribution >= 4 is 17.9 Å². The van der Waals surface area contributed by atoms with E-state index in [4.69, 9.17) is 5.11 Å². The first-order chi connectivity index (χ1) is 7.76. The van der Waals surface area contributed by atoms with E-state index in [1.807, 2.05) is 0 Å². The largest absolute Gasteiger partial charge is 0.481 e. The number of amides is 3. The van der Waals surface area contributed by atoms with E-state index in [-0.39, 0.29) is 18.9 Å². The summed E-state index contributed by atoms with van der Waals surface area (Å²) in [6.45, 7) is 3.32. The van der Waals surface area contributed by atoms with E-state index in [2.05, 4.69) is 16.0 Å². The molecule has 0 radical (unpaired) electrons. The maximum Gasteiger partial charge on any atom is 0.315 e. The van der Waals surface area contributed by atoms with Gasteiger partial charge in [0.15, 0.2) is 0 Å². The van der Waals surface area contributed by atoms with Gasteiger partial charge in [0.1, 0.15) is 0 Å². The second kappa shape index (κ2) is 6.72. The molecular formula is C10H19N3O4. The lowest BCUT2D eigenvalue weighted by atomic mass is 9.99. The van der Waals surface area contributed by atoms with Crippen molar-refractivity contribution in [3.05, 3.63) is 0 Å². The smallest absolute Gasteiger partial charge is 0.315 e. The normalized spacial score (nSPS) is 10.5. The quantitative estimate of drug-likeness (QED) is 0.514. The Labute approximate surface area is 100.0 Å². The molecule has 98 valence electrons. The molecule has 0 unspecified atom stereocenters. The molecule has 17 heavy (non-hydrogen) atoms. The lowest BCUT2D eigenvalue weighted by Crippen LogP contribution is -2.50. The maximum absolute atomic E-state index is 11.4. The van der Waals surface area contributed by atoms with Crippen LogP contribution in [0.1, 0.15) is 26.7 Å².